The Kier molecular flexibility index (Phi) is 3.16. The van der Waals surface area contributed by atoms with Gasteiger partial charge in [0.1, 0.15) is 11.4 Å². The number of hydrogen-bond donors (Lipinski definition) is 2. The number of amides is 3. The molecule has 3 amide bonds. The molecule has 0 bridgehead atoms. The summed E-state index contributed by atoms with van der Waals surface area (Å²) in [5, 5.41) is 2.30. The summed E-state index contributed by atoms with van der Waals surface area (Å²) in [7, 11) is 0. The molecule has 2 aliphatic heterocycles. The van der Waals surface area contributed by atoms with Crippen LogP contribution in [0, 0.1) is 0 Å². The molecule has 3 rings (SSSR count). The summed E-state index contributed by atoms with van der Waals surface area (Å²) in [5.74, 6) is -0.616. The molecule has 2 heterocycles. The molecule has 2 atom stereocenters. The first-order valence-corrected chi connectivity index (χ1v) is 7.24. The van der Waals surface area contributed by atoms with Crippen LogP contribution in [0.2, 0.25) is 0 Å². The van der Waals surface area contributed by atoms with Crippen molar-refractivity contribution in [3.05, 3.63) is 23.4 Å². The van der Waals surface area contributed by atoms with E-state index in [1.54, 1.807) is 19.9 Å². The summed E-state index contributed by atoms with van der Waals surface area (Å²) in [6.45, 7) is 3.36. The lowest BCUT2D eigenvalue weighted by Crippen LogP contribution is -2.65. The highest BCUT2D eigenvalue weighted by atomic mass is 16.2. The zero-order chi connectivity index (χ0) is 16.1. The van der Waals surface area contributed by atoms with Crippen LogP contribution in [0.1, 0.15) is 33.1 Å². The van der Waals surface area contributed by atoms with Crippen molar-refractivity contribution in [3.63, 3.8) is 0 Å². The van der Waals surface area contributed by atoms with E-state index >= 15 is 0 Å². The Morgan fingerprint density at radius 2 is 2.14 bits per heavy atom. The van der Waals surface area contributed by atoms with Crippen LogP contribution < -0.4 is 11.1 Å². The third-order valence-electron chi connectivity index (χ3n) is 4.48. The molecular weight excluding hydrogens is 284 g/mol. The second-order valence-corrected chi connectivity index (χ2v) is 5.99. The Hall–Kier alpha value is -2.44. The molecule has 22 heavy (non-hydrogen) atoms. The third kappa shape index (κ3) is 1.96. The van der Waals surface area contributed by atoms with Gasteiger partial charge in [-0.1, -0.05) is 6.08 Å². The normalized spacial score (nSPS) is 31.9. The van der Waals surface area contributed by atoms with Gasteiger partial charge < -0.3 is 5.73 Å². The van der Waals surface area contributed by atoms with Crippen LogP contribution in [0.25, 0.3) is 0 Å². The molecular formula is C15H18N4O3. The van der Waals surface area contributed by atoms with E-state index in [1.165, 1.54) is 4.90 Å². The zero-order valence-corrected chi connectivity index (χ0v) is 12.5. The Labute approximate surface area is 127 Å². The number of rotatable bonds is 1. The first kappa shape index (κ1) is 14.5. The van der Waals surface area contributed by atoms with Crippen molar-refractivity contribution in [2.45, 2.75) is 44.7 Å². The number of imide groups is 1. The highest BCUT2D eigenvalue weighted by Gasteiger charge is 2.50. The number of aliphatic imine (C=N–C) groups is 1. The maximum Gasteiger partial charge on any atom is 0.260 e. The van der Waals surface area contributed by atoms with Crippen LogP contribution in [0.15, 0.2) is 28.4 Å². The molecule has 1 unspecified atom stereocenters. The Morgan fingerprint density at radius 3 is 2.82 bits per heavy atom. The number of hydrogen-bond acceptors (Lipinski definition) is 5. The molecule has 1 aliphatic carbocycles. The fourth-order valence-electron chi connectivity index (χ4n) is 3.25. The van der Waals surface area contributed by atoms with Gasteiger partial charge in [0.05, 0.1) is 11.6 Å². The van der Waals surface area contributed by atoms with Crippen molar-refractivity contribution >= 4 is 23.6 Å². The maximum absolute atomic E-state index is 12.9. The minimum atomic E-state index is -1.13. The van der Waals surface area contributed by atoms with Gasteiger partial charge in [-0.15, -0.1) is 0 Å². The molecule has 0 saturated carbocycles. The lowest BCUT2D eigenvalue weighted by Gasteiger charge is -2.44. The third-order valence-corrected chi connectivity index (χ3v) is 4.48. The van der Waals surface area contributed by atoms with Gasteiger partial charge in [-0.2, -0.15) is 0 Å². The number of nitrogens with one attached hydrogen (secondary N) is 1. The molecule has 0 spiro atoms. The number of piperidine rings is 1. The highest BCUT2D eigenvalue weighted by Crippen LogP contribution is 2.33. The van der Waals surface area contributed by atoms with E-state index in [0.717, 1.165) is 0 Å². The van der Waals surface area contributed by atoms with Crippen LogP contribution in [0.4, 0.5) is 0 Å². The van der Waals surface area contributed by atoms with Gasteiger partial charge in [0.15, 0.2) is 0 Å². The monoisotopic (exact) mass is 302 g/mol. The standard InChI is InChI=1S/C15H18N4O3/c1-8-17-10-5-3-4-9(16)12(10)13(21)19(8)15(2)7-6-11(20)18-14(15)22/h3-4,10H,5-7,16H2,1-2H3,(H,18,20,22)/t10?,15-/m1/s1. The summed E-state index contributed by atoms with van der Waals surface area (Å²) >= 11 is 0. The molecule has 7 heteroatoms. The van der Waals surface area contributed by atoms with E-state index in [0.29, 0.717) is 23.5 Å². The Balaban J connectivity index is 2.06. The van der Waals surface area contributed by atoms with Crippen LogP contribution in [0.3, 0.4) is 0 Å². The summed E-state index contributed by atoms with van der Waals surface area (Å²) in [5.41, 5.74) is 5.63. The Morgan fingerprint density at radius 1 is 1.41 bits per heavy atom. The van der Waals surface area contributed by atoms with Gasteiger partial charge in [-0.05, 0) is 32.8 Å². The van der Waals surface area contributed by atoms with E-state index < -0.39 is 11.4 Å². The van der Waals surface area contributed by atoms with Crippen LogP contribution in [-0.2, 0) is 14.4 Å². The van der Waals surface area contributed by atoms with E-state index in [4.69, 9.17) is 5.73 Å². The molecule has 0 aromatic carbocycles. The van der Waals surface area contributed by atoms with E-state index in [2.05, 4.69) is 10.3 Å². The van der Waals surface area contributed by atoms with E-state index in [-0.39, 0.29) is 30.7 Å². The average Bonchev–Trinajstić information content (AvgIpc) is 2.43. The van der Waals surface area contributed by atoms with Gasteiger partial charge >= 0.3 is 0 Å². The number of nitrogens with zero attached hydrogens (tertiary/aromatic N) is 2. The van der Waals surface area contributed by atoms with Crippen LogP contribution in [0.5, 0.6) is 0 Å². The Bertz CT molecular complexity index is 676. The summed E-state index contributed by atoms with van der Waals surface area (Å²) in [6.07, 6.45) is 4.66. The van der Waals surface area contributed by atoms with Crippen molar-refractivity contribution in [1.82, 2.24) is 10.2 Å². The molecule has 116 valence electrons. The van der Waals surface area contributed by atoms with Crippen molar-refractivity contribution in [3.8, 4) is 0 Å². The van der Waals surface area contributed by atoms with Gasteiger partial charge in [-0.3, -0.25) is 29.6 Å². The number of fused-ring (bicyclic) bond motifs is 1. The molecule has 3 N–H and O–H groups in total. The van der Waals surface area contributed by atoms with Crippen LogP contribution in [-0.4, -0.2) is 40.0 Å². The topological polar surface area (TPSA) is 105 Å². The number of carbonyl (C=O) groups is 3. The van der Waals surface area contributed by atoms with Gasteiger partial charge in [0.25, 0.3) is 11.8 Å². The highest BCUT2D eigenvalue weighted by molar-refractivity contribution is 6.14. The number of nitrogens with two attached hydrogens (primary N) is 1. The predicted octanol–water partition coefficient (Wildman–Crippen LogP) is -0.0164. The average molecular weight is 302 g/mol. The largest absolute Gasteiger partial charge is 0.398 e. The minimum absolute atomic E-state index is 0.192. The maximum atomic E-state index is 12.9. The second-order valence-electron chi connectivity index (χ2n) is 5.99. The SMILES string of the molecule is CC1=NC2CC=CC(N)=C2C(=O)N1[C@]1(C)CCC(=O)NC1=O. The van der Waals surface area contributed by atoms with Gasteiger partial charge in [-0.25, -0.2) is 0 Å². The molecule has 0 radical (unpaired) electrons. The summed E-state index contributed by atoms with van der Waals surface area (Å²) in [6, 6.07) is -0.286. The first-order valence-electron chi connectivity index (χ1n) is 7.24. The fraction of sp³-hybridized carbons (Fsp3) is 0.467. The predicted molar refractivity (Wildman–Crippen MR) is 79.5 cm³/mol. The lowest BCUT2D eigenvalue weighted by atomic mass is 9.85. The fourth-order valence-corrected chi connectivity index (χ4v) is 3.25. The van der Waals surface area contributed by atoms with Gasteiger partial charge in [0.2, 0.25) is 5.91 Å². The minimum Gasteiger partial charge on any atom is -0.398 e. The molecule has 0 aromatic rings. The first-order chi connectivity index (χ1) is 10.3. The van der Waals surface area contributed by atoms with E-state index in [1.807, 2.05) is 6.08 Å². The molecule has 7 nitrogen and oxygen atoms in total. The molecule has 1 fully saturated rings. The summed E-state index contributed by atoms with van der Waals surface area (Å²) in [4.78, 5) is 42.5. The number of allylic oxidation sites excluding steroid dienone is 1. The van der Waals surface area contributed by atoms with Crippen molar-refractivity contribution in [2.75, 3.05) is 0 Å². The summed E-state index contributed by atoms with van der Waals surface area (Å²) < 4.78 is 0. The molecule has 1 saturated heterocycles. The van der Waals surface area contributed by atoms with Crippen molar-refractivity contribution in [2.24, 2.45) is 10.7 Å². The van der Waals surface area contributed by atoms with Crippen LogP contribution >= 0.6 is 0 Å². The van der Waals surface area contributed by atoms with Crippen molar-refractivity contribution < 1.29 is 14.4 Å². The number of carbonyl (C=O) groups excluding carboxylic acids is 3. The van der Waals surface area contributed by atoms with Crippen molar-refractivity contribution in [1.29, 1.82) is 0 Å². The molecule has 3 aliphatic rings. The quantitative estimate of drug-likeness (QED) is 0.664. The second kappa shape index (κ2) is 4.79. The smallest absolute Gasteiger partial charge is 0.260 e. The van der Waals surface area contributed by atoms with E-state index in [9.17, 15) is 14.4 Å². The lowest BCUT2D eigenvalue weighted by molar-refractivity contribution is -0.147. The zero-order valence-electron chi connectivity index (χ0n) is 12.5. The number of amidine groups is 1. The van der Waals surface area contributed by atoms with Gasteiger partial charge in [0, 0.05) is 12.1 Å². The molecule has 0 aromatic heterocycles.